The Balaban J connectivity index is 0.00000196. The highest BCUT2D eigenvalue weighted by Gasteiger charge is 2.03. The van der Waals surface area contributed by atoms with Crippen LogP contribution in [0.25, 0.3) is 0 Å². The molecule has 84 valence electrons. The van der Waals surface area contributed by atoms with Gasteiger partial charge in [-0.3, -0.25) is 4.79 Å². The van der Waals surface area contributed by atoms with E-state index < -0.39 is 5.82 Å². The van der Waals surface area contributed by atoms with Crippen LogP contribution in [0.15, 0.2) is 18.2 Å². The molecule has 1 rings (SSSR count). The van der Waals surface area contributed by atoms with Crippen molar-refractivity contribution in [1.29, 1.82) is 0 Å². The van der Waals surface area contributed by atoms with Crippen LogP contribution in [-0.4, -0.2) is 12.5 Å². The Hall–Kier alpha value is -0.840. The molecule has 0 saturated heterocycles. The molecule has 0 spiro atoms. The third-order valence-corrected chi connectivity index (χ3v) is 1.86. The summed E-state index contributed by atoms with van der Waals surface area (Å²) in [4.78, 5) is 11.1. The standard InChI is InChI=1S/C9H10ClFN2O.ClH/c10-7-5-6(1-2-8(7)11)13-9(14)3-4-12;/h1-2,5H,3-4,12H2,(H,13,14);1H. The topological polar surface area (TPSA) is 55.1 Å². The van der Waals surface area contributed by atoms with Gasteiger partial charge in [-0.1, -0.05) is 11.6 Å². The molecule has 0 atom stereocenters. The zero-order valence-electron chi connectivity index (χ0n) is 7.80. The molecule has 1 aromatic carbocycles. The van der Waals surface area contributed by atoms with Crippen LogP contribution >= 0.6 is 24.0 Å². The van der Waals surface area contributed by atoms with Crippen LogP contribution in [0, 0.1) is 5.82 Å². The lowest BCUT2D eigenvalue weighted by atomic mass is 10.3. The lowest BCUT2D eigenvalue weighted by molar-refractivity contribution is -0.116. The molecule has 0 fully saturated rings. The first kappa shape index (κ1) is 14.2. The van der Waals surface area contributed by atoms with E-state index in [1.807, 2.05) is 0 Å². The number of hydrogen-bond acceptors (Lipinski definition) is 2. The number of nitrogens with one attached hydrogen (secondary N) is 1. The van der Waals surface area contributed by atoms with Gasteiger partial charge >= 0.3 is 0 Å². The number of hydrogen-bond donors (Lipinski definition) is 2. The van der Waals surface area contributed by atoms with Crippen molar-refractivity contribution < 1.29 is 9.18 Å². The third kappa shape index (κ3) is 4.46. The van der Waals surface area contributed by atoms with E-state index in [-0.39, 0.29) is 36.3 Å². The quantitative estimate of drug-likeness (QED) is 0.867. The Kier molecular flexibility index (Phi) is 6.24. The van der Waals surface area contributed by atoms with E-state index in [1.165, 1.54) is 18.2 Å². The van der Waals surface area contributed by atoms with E-state index in [9.17, 15) is 9.18 Å². The first-order chi connectivity index (χ1) is 6.63. The van der Waals surface area contributed by atoms with Gasteiger partial charge in [0.15, 0.2) is 0 Å². The van der Waals surface area contributed by atoms with Crippen molar-refractivity contribution in [1.82, 2.24) is 0 Å². The van der Waals surface area contributed by atoms with Crippen molar-refractivity contribution in [3.8, 4) is 0 Å². The predicted octanol–water partition coefficient (Wildman–Crippen LogP) is 2.19. The van der Waals surface area contributed by atoms with Gasteiger partial charge in [0.2, 0.25) is 5.91 Å². The predicted molar refractivity (Wildman–Crippen MR) is 61.0 cm³/mol. The van der Waals surface area contributed by atoms with Crippen molar-refractivity contribution in [2.75, 3.05) is 11.9 Å². The van der Waals surface area contributed by atoms with Crippen LogP contribution in [0.4, 0.5) is 10.1 Å². The second-order valence-electron chi connectivity index (χ2n) is 2.72. The van der Waals surface area contributed by atoms with E-state index >= 15 is 0 Å². The minimum absolute atomic E-state index is 0. The van der Waals surface area contributed by atoms with Gasteiger partial charge in [0.1, 0.15) is 5.82 Å². The minimum Gasteiger partial charge on any atom is -0.330 e. The van der Waals surface area contributed by atoms with Gasteiger partial charge in [-0.25, -0.2) is 4.39 Å². The second kappa shape index (κ2) is 6.61. The average Bonchev–Trinajstić information content (AvgIpc) is 2.12. The zero-order chi connectivity index (χ0) is 10.6. The highest BCUT2D eigenvalue weighted by molar-refractivity contribution is 6.31. The van der Waals surface area contributed by atoms with Crippen LogP contribution in [0.2, 0.25) is 5.02 Å². The summed E-state index contributed by atoms with van der Waals surface area (Å²) < 4.78 is 12.7. The van der Waals surface area contributed by atoms with Crippen molar-refractivity contribution in [3.63, 3.8) is 0 Å². The van der Waals surface area contributed by atoms with Crippen molar-refractivity contribution in [2.24, 2.45) is 5.73 Å². The fraction of sp³-hybridized carbons (Fsp3) is 0.222. The highest BCUT2D eigenvalue weighted by atomic mass is 35.5. The molecule has 0 bridgehead atoms. The molecule has 6 heteroatoms. The van der Waals surface area contributed by atoms with Crippen LogP contribution in [0.3, 0.4) is 0 Å². The molecule has 0 radical (unpaired) electrons. The van der Waals surface area contributed by atoms with E-state index in [1.54, 1.807) is 0 Å². The highest BCUT2D eigenvalue weighted by Crippen LogP contribution is 2.19. The maximum Gasteiger partial charge on any atom is 0.225 e. The van der Waals surface area contributed by atoms with Gasteiger partial charge in [-0.15, -0.1) is 12.4 Å². The zero-order valence-corrected chi connectivity index (χ0v) is 9.37. The molecule has 1 amide bonds. The van der Waals surface area contributed by atoms with E-state index in [2.05, 4.69) is 5.32 Å². The van der Waals surface area contributed by atoms with E-state index in [0.717, 1.165) is 0 Å². The SMILES string of the molecule is Cl.NCCC(=O)Nc1ccc(F)c(Cl)c1. The molecular weight excluding hydrogens is 242 g/mol. The number of rotatable bonds is 3. The molecule has 3 nitrogen and oxygen atoms in total. The number of benzene rings is 1. The molecule has 0 aliphatic carbocycles. The Morgan fingerprint density at radius 2 is 2.20 bits per heavy atom. The van der Waals surface area contributed by atoms with Gasteiger partial charge in [0.25, 0.3) is 0 Å². The summed E-state index contributed by atoms with van der Waals surface area (Å²) in [6.45, 7) is 0.279. The number of nitrogens with two attached hydrogens (primary N) is 1. The first-order valence-corrected chi connectivity index (χ1v) is 4.46. The molecule has 0 aromatic heterocycles. The molecule has 0 heterocycles. The maximum absolute atomic E-state index is 12.7. The maximum atomic E-state index is 12.7. The van der Waals surface area contributed by atoms with Gasteiger partial charge in [-0.05, 0) is 18.2 Å². The van der Waals surface area contributed by atoms with Crippen molar-refractivity contribution in [3.05, 3.63) is 29.0 Å². The summed E-state index contributed by atoms with van der Waals surface area (Å²) >= 11 is 5.52. The number of carbonyl (C=O) groups is 1. The Bertz CT molecular complexity index is 347. The third-order valence-electron chi connectivity index (χ3n) is 1.57. The van der Waals surface area contributed by atoms with Gasteiger partial charge in [-0.2, -0.15) is 0 Å². The largest absolute Gasteiger partial charge is 0.330 e. The summed E-state index contributed by atoms with van der Waals surface area (Å²) in [5.41, 5.74) is 5.66. The molecule has 3 N–H and O–H groups in total. The molecular formula is C9H11Cl2FN2O. The Morgan fingerprint density at radius 1 is 1.53 bits per heavy atom. The number of carbonyl (C=O) groups excluding carboxylic acids is 1. The smallest absolute Gasteiger partial charge is 0.225 e. The lowest BCUT2D eigenvalue weighted by Gasteiger charge is -2.04. The summed E-state index contributed by atoms with van der Waals surface area (Å²) in [5.74, 6) is -0.723. The molecule has 0 aliphatic heterocycles. The second-order valence-corrected chi connectivity index (χ2v) is 3.12. The normalized spacial score (nSPS) is 9.27. The van der Waals surface area contributed by atoms with Crippen LogP contribution in [0.5, 0.6) is 0 Å². The van der Waals surface area contributed by atoms with Crippen LogP contribution in [0.1, 0.15) is 6.42 Å². The van der Waals surface area contributed by atoms with Crippen LogP contribution in [-0.2, 0) is 4.79 Å². The van der Waals surface area contributed by atoms with Crippen molar-refractivity contribution in [2.45, 2.75) is 6.42 Å². The minimum atomic E-state index is -0.511. The average molecular weight is 253 g/mol. The summed E-state index contributed by atoms with van der Waals surface area (Å²) in [6.07, 6.45) is 0.231. The fourth-order valence-electron chi connectivity index (χ4n) is 0.928. The lowest BCUT2D eigenvalue weighted by Crippen LogP contribution is -2.16. The van der Waals surface area contributed by atoms with Gasteiger partial charge < -0.3 is 11.1 Å². The van der Waals surface area contributed by atoms with Gasteiger partial charge in [0.05, 0.1) is 5.02 Å². The molecule has 0 unspecified atom stereocenters. The monoisotopic (exact) mass is 252 g/mol. The Morgan fingerprint density at radius 3 is 2.73 bits per heavy atom. The van der Waals surface area contributed by atoms with E-state index in [4.69, 9.17) is 17.3 Å². The molecule has 0 aliphatic rings. The Labute approximate surface area is 98.2 Å². The molecule has 1 aromatic rings. The first-order valence-electron chi connectivity index (χ1n) is 4.08. The number of anilines is 1. The van der Waals surface area contributed by atoms with Crippen LogP contribution < -0.4 is 11.1 Å². The summed E-state index contributed by atoms with van der Waals surface area (Å²) in [7, 11) is 0. The molecule has 0 saturated carbocycles. The summed E-state index contributed by atoms with van der Waals surface area (Å²) in [6, 6.07) is 3.99. The number of halogens is 3. The van der Waals surface area contributed by atoms with Gasteiger partial charge in [0, 0.05) is 18.7 Å². The molecule has 15 heavy (non-hydrogen) atoms. The number of amides is 1. The summed E-state index contributed by atoms with van der Waals surface area (Å²) in [5, 5.41) is 2.52. The van der Waals surface area contributed by atoms with Crippen molar-refractivity contribution >= 4 is 35.6 Å². The van der Waals surface area contributed by atoms with E-state index in [0.29, 0.717) is 5.69 Å². The fourth-order valence-corrected chi connectivity index (χ4v) is 1.11.